The van der Waals surface area contributed by atoms with Gasteiger partial charge in [-0.2, -0.15) is 8.78 Å². The minimum Gasteiger partial charge on any atom is -0.374 e. The van der Waals surface area contributed by atoms with Crippen LogP contribution in [0, 0.1) is 0 Å². The highest BCUT2D eigenvalue weighted by Gasteiger charge is 2.27. The monoisotopic (exact) mass is 369 g/mol. The van der Waals surface area contributed by atoms with Crippen molar-refractivity contribution in [2.75, 3.05) is 29.9 Å². The first-order chi connectivity index (χ1) is 9.45. The van der Waals surface area contributed by atoms with Gasteiger partial charge < -0.3 is 9.64 Å². The van der Waals surface area contributed by atoms with Crippen LogP contribution in [0.25, 0.3) is 0 Å². The molecule has 4 nitrogen and oxygen atoms in total. The van der Waals surface area contributed by atoms with Crippen LogP contribution in [0.5, 0.6) is 0 Å². The first-order valence-corrected chi connectivity index (χ1v) is 8.66. The van der Waals surface area contributed by atoms with Crippen molar-refractivity contribution in [3.05, 3.63) is 24.3 Å². The summed E-state index contributed by atoms with van der Waals surface area (Å²) in [6.07, 6.45) is 0.0632. The molecule has 1 unspecified atom stereocenters. The van der Waals surface area contributed by atoms with Gasteiger partial charge in [-0.15, -0.1) is 0 Å². The van der Waals surface area contributed by atoms with Crippen molar-refractivity contribution in [2.24, 2.45) is 0 Å². The molecule has 2 rings (SSSR count). The maximum atomic E-state index is 12.4. The third-order valence-corrected chi connectivity index (χ3v) is 5.20. The van der Waals surface area contributed by atoms with E-state index in [9.17, 15) is 17.2 Å². The molecule has 0 bridgehead atoms. The van der Waals surface area contributed by atoms with E-state index in [0.717, 1.165) is 5.69 Å². The van der Waals surface area contributed by atoms with Gasteiger partial charge in [0.2, 0.25) is 9.84 Å². The van der Waals surface area contributed by atoms with Crippen molar-refractivity contribution in [3.8, 4) is 0 Å². The molecule has 0 aliphatic carbocycles. The van der Waals surface area contributed by atoms with Crippen molar-refractivity contribution in [2.45, 2.75) is 16.8 Å². The summed E-state index contributed by atoms with van der Waals surface area (Å²) in [5, 5.41) is 0.710. The SMILES string of the molecule is O=S(=O)(c1ccc(N2CCOC(CBr)C2)cc1)C(F)F. The van der Waals surface area contributed by atoms with Crippen molar-refractivity contribution in [1.29, 1.82) is 0 Å². The van der Waals surface area contributed by atoms with Gasteiger partial charge in [0.25, 0.3) is 0 Å². The smallest absolute Gasteiger partial charge is 0.341 e. The summed E-state index contributed by atoms with van der Waals surface area (Å²) in [5.41, 5.74) is 0.799. The molecule has 20 heavy (non-hydrogen) atoms. The quantitative estimate of drug-likeness (QED) is 0.763. The van der Waals surface area contributed by atoms with Crippen molar-refractivity contribution >= 4 is 31.5 Å². The standard InChI is InChI=1S/C12H14BrF2NO3S/c13-7-10-8-16(5-6-19-10)9-1-3-11(4-2-9)20(17,18)12(14)15/h1-4,10,12H,5-8H2. The predicted molar refractivity (Wildman–Crippen MR) is 75.4 cm³/mol. The number of ether oxygens (including phenoxy) is 1. The van der Waals surface area contributed by atoms with Crippen LogP contribution < -0.4 is 4.90 Å². The lowest BCUT2D eigenvalue weighted by Crippen LogP contribution is -2.43. The van der Waals surface area contributed by atoms with Crippen molar-refractivity contribution in [1.82, 2.24) is 0 Å². The molecule has 1 atom stereocenters. The molecule has 0 amide bonds. The Kier molecular flexibility index (Phi) is 4.98. The number of benzene rings is 1. The van der Waals surface area contributed by atoms with Gasteiger partial charge in [-0.3, -0.25) is 0 Å². The van der Waals surface area contributed by atoms with Gasteiger partial charge in [-0.1, -0.05) is 15.9 Å². The normalized spacial score (nSPS) is 20.4. The van der Waals surface area contributed by atoms with Gasteiger partial charge in [0, 0.05) is 24.1 Å². The summed E-state index contributed by atoms with van der Waals surface area (Å²) in [7, 11) is -4.52. The summed E-state index contributed by atoms with van der Waals surface area (Å²) in [6, 6.07) is 5.53. The molecule has 0 radical (unpaired) electrons. The average Bonchev–Trinajstić information content (AvgIpc) is 2.47. The van der Waals surface area contributed by atoms with Gasteiger partial charge in [0.1, 0.15) is 0 Å². The highest BCUT2D eigenvalue weighted by molar-refractivity contribution is 9.09. The van der Waals surface area contributed by atoms with E-state index < -0.39 is 15.6 Å². The Balaban J connectivity index is 2.16. The number of hydrogen-bond acceptors (Lipinski definition) is 4. The Labute approximate surface area is 124 Å². The van der Waals surface area contributed by atoms with E-state index in [1.165, 1.54) is 12.1 Å². The third kappa shape index (κ3) is 3.29. The lowest BCUT2D eigenvalue weighted by Gasteiger charge is -2.33. The lowest BCUT2D eigenvalue weighted by molar-refractivity contribution is 0.0571. The zero-order valence-electron chi connectivity index (χ0n) is 10.5. The number of anilines is 1. The van der Waals surface area contributed by atoms with E-state index in [-0.39, 0.29) is 11.0 Å². The number of sulfone groups is 1. The summed E-state index contributed by atoms with van der Waals surface area (Å²) in [5.74, 6) is -3.39. The molecule has 0 saturated carbocycles. The Morgan fingerprint density at radius 3 is 2.55 bits per heavy atom. The molecule has 0 aromatic heterocycles. The number of rotatable bonds is 4. The van der Waals surface area contributed by atoms with E-state index in [4.69, 9.17) is 4.74 Å². The lowest BCUT2D eigenvalue weighted by atomic mass is 10.2. The van der Waals surface area contributed by atoms with E-state index >= 15 is 0 Å². The van der Waals surface area contributed by atoms with Crippen LogP contribution in [0.4, 0.5) is 14.5 Å². The Morgan fingerprint density at radius 2 is 2.00 bits per heavy atom. The Bertz CT molecular complexity index is 550. The minimum absolute atomic E-state index is 0.0632. The van der Waals surface area contributed by atoms with Gasteiger partial charge in [0.15, 0.2) is 0 Å². The molecule has 1 aliphatic heterocycles. The fourth-order valence-corrected chi connectivity index (χ4v) is 3.11. The van der Waals surface area contributed by atoms with E-state index in [0.29, 0.717) is 25.0 Å². The van der Waals surface area contributed by atoms with Crippen LogP contribution in [-0.4, -0.2) is 45.3 Å². The Morgan fingerprint density at radius 1 is 1.35 bits per heavy atom. The highest BCUT2D eigenvalue weighted by Crippen LogP contribution is 2.23. The third-order valence-electron chi connectivity index (χ3n) is 3.08. The average molecular weight is 370 g/mol. The highest BCUT2D eigenvalue weighted by atomic mass is 79.9. The van der Waals surface area contributed by atoms with E-state index in [1.54, 1.807) is 12.1 Å². The number of alkyl halides is 3. The van der Waals surface area contributed by atoms with E-state index in [2.05, 4.69) is 15.9 Å². The molecule has 1 aromatic rings. The fraction of sp³-hybridized carbons (Fsp3) is 0.500. The Hall–Kier alpha value is -0.730. The molecule has 0 N–H and O–H groups in total. The van der Waals surface area contributed by atoms with E-state index in [1.807, 2.05) is 4.90 Å². The molecule has 1 heterocycles. The first-order valence-electron chi connectivity index (χ1n) is 6.00. The van der Waals surface area contributed by atoms with Crippen LogP contribution in [0.15, 0.2) is 29.2 Å². The molecular formula is C12H14BrF2NO3S. The molecule has 1 saturated heterocycles. The van der Waals surface area contributed by atoms with Crippen molar-refractivity contribution in [3.63, 3.8) is 0 Å². The largest absolute Gasteiger partial charge is 0.374 e. The maximum absolute atomic E-state index is 12.4. The second-order valence-corrected chi connectivity index (χ2v) is 6.96. The number of halogens is 3. The summed E-state index contributed by atoms with van der Waals surface area (Å²) >= 11 is 3.35. The van der Waals surface area contributed by atoms with Crippen LogP contribution >= 0.6 is 15.9 Å². The van der Waals surface area contributed by atoms with Crippen molar-refractivity contribution < 1.29 is 21.9 Å². The minimum atomic E-state index is -4.52. The summed E-state index contributed by atoms with van der Waals surface area (Å²) < 4.78 is 53.0. The number of nitrogens with zero attached hydrogens (tertiary/aromatic N) is 1. The number of hydrogen-bond donors (Lipinski definition) is 0. The van der Waals surface area contributed by atoms with Gasteiger partial charge >= 0.3 is 5.76 Å². The second kappa shape index (κ2) is 6.36. The number of morpholine rings is 1. The van der Waals surface area contributed by atoms with Crippen LogP contribution in [0.1, 0.15) is 0 Å². The molecule has 0 spiro atoms. The molecule has 1 fully saturated rings. The summed E-state index contributed by atoms with van der Waals surface area (Å²) in [6.45, 7) is 1.93. The molecule has 1 aliphatic rings. The summed E-state index contributed by atoms with van der Waals surface area (Å²) in [4.78, 5) is 1.68. The molecule has 1 aromatic carbocycles. The molecular weight excluding hydrogens is 356 g/mol. The maximum Gasteiger partial charge on any atom is 0.341 e. The first kappa shape index (κ1) is 15.7. The van der Waals surface area contributed by atoms with Crippen LogP contribution in [0.2, 0.25) is 0 Å². The zero-order valence-corrected chi connectivity index (χ0v) is 12.9. The zero-order chi connectivity index (χ0) is 14.8. The van der Waals surface area contributed by atoms with Gasteiger partial charge in [0.05, 0.1) is 17.6 Å². The van der Waals surface area contributed by atoms with Gasteiger partial charge in [-0.05, 0) is 24.3 Å². The van der Waals surface area contributed by atoms with Gasteiger partial charge in [-0.25, -0.2) is 8.42 Å². The second-order valence-electron chi connectivity index (χ2n) is 4.39. The topological polar surface area (TPSA) is 46.6 Å². The fourth-order valence-electron chi connectivity index (χ4n) is 2.00. The van der Waals surface area contributed by atoms with Crippen LogP contribution in [-0.2, 0) is 14.6 Å². The predicted octanol–water partition coefficient (Wildman–Crippen LogP) is 2.28. The molecule has 112 valence electrons. The van der Waals surface area contributed by atoms with Crippen LogP contribution in [0.3, 0.4) is 0 Å². The molecule has 8 heteroatoms.